The summed E-state index contributed by atoms with van der Waals surface area (Å²) in [5.41, 5.74) is 1.18. The Kier molecular flexibility index (Phi) is 5.42. The van der Waals surface area contributed by atoms with Crippen LogP contribution in [0.25, 0.3) is 0 Å². The zero-order chi connectivity index (χ0) is 17.7. The number of hydrogen-bond donors (Lipinski definition) is 1. The van der Waals surface area contributed by atoms with E-state index in [2.05, 4.69) is 5.32 Å². The molecule has 0 spiro atoms. The molecule has 0 radical (unpaired) electrons. The summed E-state index contributed by atoms with van der Waals surface area (Å²) in [6.07, 6.45) is 0. The molecule has 0 aromatic heterocycles. The first-order chi connectivity index (χ1) is 11.5. The highest BCUT2D eigenvalue weighted by Gasteiger charge is 2.20. The van der Waals surface area contributed by atoms with Crippen molar-refractivity contribution in [3.8, 4) is 11.5 Å². The second kappa shape index (κ2) is 7.50. The first-order valence-corrected chi connectivity index (χ1v) is 7.32. The number of anilines is 1. The first kappa shape index (κ1) is 17.3. The van der Waals surface area contributed by atoms with Gasteiger partial charge in [0.25, 0.3) is 11.8 Å². The fourth-order valence-electron chi connectivity index (χ4n) is 2.18. The van der Waals surface area contributed by atoms with Gasteiger partial charge < -0.3 is 19.7 Å². The van der Waals surface area contributed by atoms with Crippen LogP contribution >= 0.6 is 0 Å². The van der Waals surface area contributed by atoms with Gasteiger partial charge in [-0.15, -0.1) is 0 Å². The monoisotopic (exact) mass is 328 g/mol. The second-order valence-electron chi connectivity index (χ2n) is 5.27. The minimum Gasteiger partial charge on any atom is -0.493 e. The van der Waals surface area contributed by atoms with E-state index in [4.69, 9.17) is 9.47 Å². The van der Waals surface area contributed by atoms with E-state index in [1.54, 1.807) is 50.5 Å². The number of nitrogens with one attached hydrogen (secondary N) is 1. The number of amides is 2. The quantitative estimate of drug-likeness (QED) is 0.916. The zero-order valence-electron chi connectivity index (χ0n) is 14.1. The summed E-state index contributed by atoms with van der Waals surface area (Å²) < 4.78 is 10.5. The van der Waals surface area contributed by atoms with Crippen LogP contribution in [0.5, 0.6) is 11.5 Å². The number of ether oxygens (including phenoxy) is 2. The minimum atomic E-state index is -0.310. The standard InChI is InChI=1S/C18H20N2O4/c1-20(2)18(22)13-10-15(23-3)16(24-4)11-14(13)19-17(21)12-8-6-5-7-9-12/h5-11H,1-4H3,(H,19,21). The molecule has 126 valence electrons. The van der Waals surface area contributed by atoms with Crippen LogP contribution in [-0.4, -0.2) is 45.0 Å². The van der Waals surface area contributed by atoms with E-state index in [-0.39, 0.29) is 11.8 Å². The summed E-state index contributed by atoms with van der Waals surface area (Å²) in [5.74, 6) is 0.284. The van der Waals surface area contributed by atoms with Crippen LogP contribution in [0, 0.1) is 0 Å². The van der Waals surface area contributed by atoms with Gasteiger partial charge in [-0.2, -0.15) is 0 Å². The predicted octanol–water partition coefficient (Wildman–Crippen LogP) is 2.66. The Hall–Kier alpha value is -3.02. The maximum Gasteiger partial charge on any atom is 0.255 e. The zero-order valence-corrected chi connectivity index (χ0v) is 14.1. The summed E-state index contributed by atoms with van der Waals surface area (Å²) in [7, 11) is 6.27. The molecule has 2 aromatic rings. The smallest absolute Gasteiger partial charge is 0.255 e. The van der Waals surface area contributed by atoms with Crippen LogP contribution in [0.15, 0.2) is 42.5 Å². The van der Waals surface area contributed by atoms with Crippen molar-refractivity contribution in [3.63, 3.8) is 0 Å². The molecule has 0 heterocycles. The molecule has 24 heavy (non-hydrogen) atoms. The van der Waals surface area contributed by atoms with Crippen LogP contribution in [-0.2, 0) is 0 Å². The Morgan fingerprint density at radius 2 is 1.54 bits per heavy atom. The number of benzene rings is 2. The fraction of sp³-hybridized carbons (Fsp3) is 0.222. The van der Waals surface area contributed by atoms with Crippen LogP contribution in [0.2, 0.25) is 0 Å². The molecule has 0 saturated carbocycles. The summed E-state index contributed by atoms with van der Waals surface area (Å²) in [6, 6.07) is 11.9. The Labute approximate surface area is 141 Å². The average Bonchev–Trinajstić information content (AvgIpc) is 2.61. The van der Waals surface area contributed by atoms with Crippen molar-refractivity contribution in [1.82, 2.24) is 4.90 Å². The van der Waals surface area contributed by atoms with Crippen molar-refractivity contribution in [1.29, 1.82) is 0 Å². The van der Waals surface area contributed by atoms with Crippen LogP contribution in [0.1, 0.15) is 20.7 Å². The van der Waals surface area contributed by atoms with Crippen molar-refractivity contribution in [2.24, 2.45) is 0 Å². The van der Waals surface area contributed by atoms with E-state index in [9.17, 15) is 9.59 Å². The van der Waals surface area contributed by atoms with Gasteiger partial charge in [0.15, 0.2) is 11.5 Å². The highest BCUT2D eigenvalue weighted by molar-refractivity contribution is 6.09. The van der Waals surface area contributed by atoms with Gasteiger partial charge in [-0.3, -0.25) is 9.59 Å². The fourth-order valence-corrected chi connectivity index (χ4v) is 2.18. The van der Waals surface area contributed by atoms with Crippen LogP contribution < -0.4 is 14.8 Å². The molecular formula is C18H20N2O4. The first-order valence-electron chi connectivity index (χ1n) is 7.32. The van der Waals surface area contributed by atoms with Crippen molar-refractivity contribution < 1.29 is 19.1 Å². The third-order valence-corrected chi connectivity index (χ3v) is 3.44. The summed E-state index contributed by atoms with van der Waals surface area (Å²) in [4.78, 5) is 26.3. The number of methoxy groups -OCH3 is 2. The van der Waals surface area contributed by atoms with Gasteiger partial charge in [-0.25, -0.2) is 0 Å². The van der Waals surface area contributed by atoms with Crippen molar-refractivity contribution >= 4 is 17.5 Å². The van der Waals surface area contributed by atoms with Crippen LogP contribution in [0.3, 0.4) is 0 Å². The van der Waals surface area contributed by atoms with E-state index in [0.717, 1.165) is 0 Å². The molecule has 0 unspecified atom stereocenters. The normalized spacial score (nSPS) is 10.0. The van der Waals surface area contributed by atoms with Gasteiger partial charge in [-0.05, 0) is 18.2 Å². The van der Waals surface area contributed by atoms with Gasteiger partial charge in [0.2, 0.25) is 0 Å². The largest absolute Gasteiger partial charge is 0.493 e. The van der Waals surface area contributed by atoms with E-state index in [1.807, 2.05) is 6.07 Å². The summed E-state index contributed by atoms with van der Waals surface area (Å²) >= 11 is 0. The third-order valence-electron chi connectivity index (χ3n) is 3.44. The molecule has 6 heteroatoms. The van der Waals surface area contributed by atoms with E-state index in [0.29, 0.717) is 28.3 Å². The number of carbonyl (C=O) groups excluding carboxylic acids is 2. The molecule has 1 N–H and O–H groups in total. The predicted molar refractivity (Wildman–Crippen MR) is 92.0 cm³/mol. The molecule has 0 atom stereocenters. The van der Waals surface area contributed by atoms with Gasteiger partial charge in [0, 0.05) is 25.7 Å². The number of nitrogens with zero attached hydrogens (tertiary/aromatic N) is 1. The lowest BCUT2D eigenvalue weighted by molar-refractivity contribution is 0.0828. The molecule has 0 aliphatic rings. The molecule has 0 aliphatic carbocycles. The SMILES string of the molecule is COc1cc(NC(=O)c2ccccc2)c(C(=O)N(C)C)cc1OC. The molecule has 0 aliphatic heterocycles. The van der Waals surface area contributed by atoms with Gasteiger partial charge in [0.1, 0.15) is 0 Å². The number of carbonyl (C=O) groups is 2. The highest BCUT2D eigenvalue weighted by Crippen LogP contribution is 2.34. The highest BCUT2D eigenvalue weighted by atomic mass is 16.5. The molecular weight excluding hydrogens is 308 g/mol. The topological polar surface area (TPSA) is 67.9 Å². The van der Waals surface area contributed by atoms with Crippen molar-refractivity contribution in [2.45, 2.75) is 0 Å². The molecule has 0 bridgehead atoms. The molecule has 0 fully saturated rings. The van der Waals surface area contributed by atoms with Crippen molar-refractivity contribution in [3.05, 3.63) is 53.6 Å². The molecule has 0 saturated heterocycles. The number of hydrogen-bond acceptors (Lipinski definition) is 4. The summed E-state index contributed by atoms with van der Waals surface area (Å²) in [5, 5.41) is 2.77. The minimum absolute atomic E-state index is 0.251. The van der Waals surface area contributed by atoms with Crippen molar-refractivity contribution in [2.75, 3.05) is 33.6 Å². The van der Waals surface area contributed by atoms with E-state index >= 15 is 0 Å². The lowest BCUT2D eigenvalue weighted by Crippen LogP contribution is -2.24. The Bertz CT molecular complexity index is 742. The van der Waals surface area contributed by atoms with Gasteiger partial charge >= 0.3 is 0 Å². The molecule has 6 nitrogen and oxygen atoms in total. The molecule has 2 aromatic carbocycles. The lowest BCUT2D eigenvalue weighted by Gasteiger charge is -2.18. The second-order valence-corrected chi connectivity index (χ2v) is 5.27. The average molecular weight is 328 g/mol. The Morgan fingerprint density at radius 1 is 0.958 bits per heavy atom. The van der Waals surface area contributed by atoms with E-state index in [1.165, 1.54) is 19.1 Å². The molecule has 2 rings (SSSR count). The van der Waals surface area contributed by atoms with Crippen LogP contribution in [0.4, 0.5) is 5.69 Å². The maximum absolute atomic E-state index is 12.4. The maximum atomic E-state index is 12.4. The lowest BCUT2D eigenvalue weighted by atomic mass is 10.1. The van der Waals surface area contributed by atoms with Gasteiger partial charge in [0.05, 0.1) is 25.5 Å². The third kappa shape index (κ3) is 3.65. The summed E-state index contributed by atoms with van der Waals surface area (Å²) in [6.45, 7) is 0. The Balaban J connectivity index is 2.46. The number of rotatable bonds is 5. The molecule has 2 amide bonds. The Morgan fingerprint density at radius 3 is 2.08 bits per heavy atom. The van der Waals surface area contributed by atoms with Gasteiger partial charge in [-0.1, -0.05) is 18.2 Å². The van der Waals surface area contributed by atoms with E-state index < -0.39 is 0 Å².